The van der Waals surface area contributed by atoms with Crippen LogP contribution >= 0.6 is 0 Å². The first kappa shape index (κ1) is 13.6. The van der Waals surface area contributed by atoms with E-state index in [2.05, 4.69) is 15.5 Å². The largest absolute Gasteiger partial charge is 0.399 e. The van der Waals surface area contributed by atoms with Gasteiger partial charge in [0, 0.05) is 11.7 Å². The Kier molecular flexibility index (Phi) is 3.16. The van der Waals surface area contributed by atoms with Gasteiger partial charge in [0.2, 0.25) is 5.89 Å². The molecule has 0 atom stereocenters. The second-order valence-corrected chi connectivity index (χ2v) is 5.92. The SMILES string of the molecule is CC(C)(c1ccc(N)cc1)c1nc(C(=O)NC2CC2)no1. The van der Waals surface area contributed by atoms with Crippen molar-refractivity contribution in [1.29, 1.82) is 0 Å². The molecule has 1 saturated carbocycles. The van der Waals surface area contributed by atoms with Crippen molar-refractivity contribution in [3.8, 4) is 0 Å². The lowest BCUT2D eigenvalue weighted by atomic mass is 9.84. The van der Waals surface area contributed by atoms with E-state index in [1.165, 1.54) is 0 Å². The molecule has 1 heterocycles. The van der Waals surface area contributed by atoms with Crippen LogP contribution in [-0.4, -0.2) is 22.1 Å². The van der Waals surface area contributed by atoms with Gasteiger partial charge in [0.1, 0.15) is 0 Å². The highest BCUT2D eigenvalue weighted by Gasteiger charge is 2.32. The fraction of sp³-hybridized carbons (Fsp3) is 0.400. The molecule has 0 aliphatic heterocycles. The number of carbonyl (C=O) groups excluding carboxylic acids is 1. The molecule has 0 spiro atoms. The molecule has 0 unspecified atom stereocenters. The van der Waals surface area contributed by atoms with Crippen LogP contribution in [0.4, 0.5) is 5.69 Å². The van der Waals surface area contributed by atoms with Crippen LogP contribution in [0.25, 0.3) is 0 Å². The van der Waals surface area contributed by atoms with Gasteiger partial charge in [-0.15, -0.1) is 0 Å². The van der Waals surface area contributed by atoms with E-state index in [1.807, 2.05) is 38.1 Å². The van der Waals surface area contributed by atoms with Crippen LogP contribution in [0.1, 0.15) is 48.8 Å². The molecular formula is C15H18N4O2. The van der Waals surface area contributed by atoms with Crippen LogP contribution in [0, 0.1) is 0 Å². The van der Waals surface area contributed by atoms with E-state index < -0.39 is 5.41 Å². The van der Waals surface area contributed by atoms with Gasteiger partial charge in [-0.2, -0.15) is 4.98 Å². The van der Waals surface area contributed by atoms with Crippen molar-refractivity contribution in [3.05, 3.63) is 41.5 Å². The van der Waals surface area contributed by atoms with Crippen LogP contribution in [0.2, 0.25) is 0 Å². The minimum Gasteiger partial charge on any atom is -0.399 e. The minimum absolute atomic E-state index is 0.0837. The summed E-state index contributed by atoms with van der Waals surface area (Å²) in [7, 11) is 0. The number of nitrogens with two attached hydrogens (primary N) is 1. The number of nitrogen functional groups attached to an aromatic ring is 1. The lowest BCUT2D eigenvalue weighted by Gasteiger charge is -2.20. The summed E-state index contributed by atoms with van der Waals surface area (Å²) in [5.74, 6) is 0.217. The summed E-state index contributed by atoms with van der Waals surface area (Å²) in [5, 5.41) is 6.63. The second kappa shape index (κ2) is 4.87. The Morgan fingerprint density at radius 3 is 2.62 bits per heavy atom. The molecular weight excluding hydrogens is 268 g/mol. The maximum atomic E-state index is 11.9. The van der Waals surface area contributed by atoms with E-state index in [0.717, 1.165) is 18.4 Å². The van der Waals surface area contributed by atoms with E-state index >= 15 is 0 Å². The van der Waals surface area contributed by atoms with Gasteiger partial charge in [-0.05, 0) is 44.4 Å². The fourth-order valence-electron chi connectivity index (χ4n) is 2.07. The third kappa shape index (κ3) is 2.74. The van der Waals surface area contributed by atoms with Crippen molar-refractivity contribution in [1.82, 2.24) is 15.5 Å². The van der Waals surface area contributed by atoms with Crippen molar-refractivity contribution < 1.29 is 9.32 Å². The Hall–Kier alpha value is -2.37. The second-order valence-electron chi connectivity index (χ2n) is 5.92. The number of nitrogens with zero attached hydrogens (tertiary/aromatic N) is 2. The van der Waals surface area contributed by atoms with Gasteiger partial charge in [-0.1, -0.05) is 17.3 Å². The number of aromatic nitrogens is 2. The van der Waals surface area contributed by atoms with E-state index in [9.17, 15) is 4.79 Å². The van der Waals surface area contributed by atoms with E-state index in [0.29, 0.717) is 11.6 Å². The van der Waals surface area contributed by atoms with Gasteiger partial charge >= 0.3 is 0 Å². The molecule has 1 aromatic heterocycles. The molecule has 0 bridgehead atoms. The monoisotopic (exact) mass is 286 g/mol. The lowest BCUT2D eigenvalue weighted by Crippen LogP contribution is -2.27. The molecule has 2 aromatic rings. The molecule has 3 rings (SSSR count). The van der Waals surface area contributed by atoms with Crippen LogP contribution in [-0.2, 0) is 5.41 Å². The lowest BCUT2D eigenvalue weighted by molar-refractivity contribution is 0.0937. The van der Waals surface area contributed by atoms with Crippen LogP contribution in [0.3, 0.4) is 0 Å². The van der Waals surface area contributed by atoms with Gasteiger partial charge in [0.25, 0.3) is 11.7 Å². The van der Waals surface area contributed by atoms with Gasteiger partial charge < -0.3 is 15.6 Å². The van der Waals surface area contributed by atoms with Crippen molar-refractivity contribution in [2.75, 3.05) is 5.73 Å². The molecule has 6 nitrogen and oxygen atoms in total. The minimum atomic E-state index is -0.487. The smallest absolute Gasteiger partial charge is 0.292 e. The molecule has 110 valence electrons. The predicted molar refractivity (Wildman–Crippen MR) is 77.8 cm³/mol. The number of rotatable bonds is 4. The highest BCUT2D eigenvalue weighted by molar-refractivity contribution is 5.90. The Bertz CT molecular complexity index is 657. The molecule has 1 amide bonds. The van der Waals surface area contributed by atoms with Crippen molar-refractivity contribution in [3.63, 3.8) is 0 Å². The predicted octanol–water partition coefficient (Wildman–Crippen LogP) is 1.87. The summed E-state index contributed by atoms with van der Waals surface area (Å²) in [6.45, 7) is 3.93. The third-order valence-corrected chi connectivity index (χ3v) is 3.71. The molecule has 1 aliphatic carbocycles. The summed E-state index contributed by atoms with van der Waals surface area (Å²) in [6.07, 6.45) is 2.04. The summed E-state index contributed by atoms with van der Waals surface area (Å²) >= 11 is 0. The first-order valence-electron chi connectivity index (χ1n) is 6.98. The molecule has 0 saturated heterocycles. The summed E-state index contributed by atoms with van der Waals surface area (Å²) in [4.78, 5) is 16.1. The van der Waals surface area contributed by atoms with E-state index in [1.54, 1.807) is 0 Å². The number of nitrogens with one attached hydrogen (secondary N) is 1. The van der Waals surface area contributed by atoms with Crippen LogP contribution in [0.15, 0.2) is 28.8 Å². The van der Waals surface area contributed by atoms with Gasteiger partial charge in [0.05, 0.1) is 5.41 Å². The summed E-state index contributed by atoms with van der Waals surface area (Å²) < 4.78 is 5.28. The van der Waals surface area contributed by atoms with Gasteiger partial charge in [-0.3, -0.25) is 4.79 Å². The number of hydrogen-bond acceptors (Lipinski definition) is 5. The van der Waals surface area contributed by atoms with Gasteiger partial charge in [-0.25, -0.2) is 0 Å². The van der Waals surface area contributed by atoms with Crippen molar-refractivity contribution in [2.45, 2.75) is 38.1 Å². The number of benzene rings is 1. The van der Waals surface area contributed by atoms with Crippen LogP contribution in [0.5, 0.6) is 0 Å². The Morgan fingerprint density at radius 2 is 2.00 bits per heavy atom. The number of anilines is 1. The summed E-state index contributed by atoms with van der Waals surface area (Å²) in [6, 6.07) is 7.76. The summed E-state index contributed by atoms with van der Waals surface area (Å²) in [5.41, 5.74) is 6.91. The quantitative estimate of drug-likeness (QED) is 0.837. The number of hydrogen-bond donors (Lipinski definition) is 2. The zero-order valence-corrected chi connectivity index (χ0v) is 12.1. The third-order valence-electron chi connectivity index (χ3n) is 3.71. The Balaban J connectivity index is 1.83. The molecule has 3 N–H and O–H groups in total. The zero-order valence-electron chi connectivity index (χ0n) is 12.1. The molecule has 1 aromatic carbocycles. The van der Waals surface area contributed by atoms with Crippen LogP contribution < -0.4 is 11.1 Å². The first-order valence-corrected chi connectivity index (χ1v) is 6.98. The molecule has 1 fully saturated rings. The number of carbonyl (C=O) groups is 1. The standard InChI is InChI=1S/C15H18N4O2/c1-15(2,9-3-5-10(16)6-4-9)14-18-12(19-21-14)13(20)17-11-7-8-11/h3-6,11H,7-8,16H2,1-2H3,(H,17,20). The Morgan fingerprint density at radius 1 is 1.33 bits per heavy atom. The zero-order chi connectivity index (χ0) is 15.0. The molecule has 0 radical (unpaired) electrons. The van der Waals surface area contributed by atoms with Gasteiger partial charge in [0.15, 0.2) is 0 Å². The molecule has 6 heteroatoms. The Labute approximate surface area is 122 Å². The maximum absolute atomic E-state index is 11.9. The average molecular weight is 286 g/mol. The van der Waals surface area contributed by atoms with E-state index in [4.69, 9.17) is 10.3 Å². The van der Waals surface area contributed by atoms with Crippen molar-refractivity contribution in [2.24, 2.45) is 0 Å². The highest BCUT2D eigenvalue weighted by Crippen LogP contribution is 2.30. The normalized spacial score (nSPS) is 15.0. The average Bonchev–Trinajstić information content (AvgIpc) is 3.11. The maximum Gasteiger partial charge on any atom is 0.292 e. The first-order chi connectivity index (χ1) is 9.96. The molecule has 1 aliphatic rings. The van der Waals surface area contributed by atoms with E-state index in [-0.39, 0.29) is 17.8 Å². The highest BCUT2D eigenvalue weighted by atomic mass is 16.5. The van der Waals surface area contributed by atoms with Crippen molar-refractivity contribution >= 4 is 11.6 Å². The molecule has 21 heavy (non-hydrogen) atoms. The topological polar surface area (TPSA) is 94.0 Å². The number of amides is 1. The fourth-order valence-corrected chi connectivity index (χ4v) is 2.07.